The number of nitrogens with zero attached hydrogens (tertiary/aromatic N) is 2. The Balaban J connectivity index is 2.12. The Hall–Kier alpha value is -2.32. The molecule has 0 spiro atoms. The van der Waals surface area contributed by atoms with Crippen LogP contribution in [0.3, 0.4) is 0 Å². The van der Waals surface area contributed by atoms with Crippen molar-refractivity contribution in [2.45, 2.75) is 39.5 Å². The number of ether oxygens (including phenoxy) is 2. The summed E-state index contributed by atoms with van der Waals surface area (Å²) in [6.07, 6.45) is 6.49. The Morgan fingerprint density at radius 1 is 1.28 bits per heavy atom. The van der Waals surface area contributed by atoms with Gasteiger partial charge in [0.2, 0.25) is 0 Å². The first kappa shape index (κ1) is 19.0. The zero-order valence-electron chi connectivity index (χ0n) is 15.0. The number of unbranched alkanes of at least 4 members (excludes halogenated alkanes) is 3. The molecule has 0 atom stereocenters. The van der Waals surface area contributed by atoms with Crippen LogP contribution in [0.25, 0.3) is 11.6 Å². The van der Waals surface area contributed by atoms with Crippen LogP contribution in [0.1, 0.15) is 48.9 Å². The molecule has 0 aliphatic heterocycles. The quantitative estimate of drug-likeness (QED) is 0.441. The molecule has 0 bridgehead atoms. The second kappa shape index (κ2) is 9.85. The lowest BCUT2D eigenvalue weighted by Gasteiger charge is -2.11. The summed E-state index contributed by atoms with van der Waals surface area (Å²) in [6.45, 7) is 4.80. The van der Waals surface area contributed by atoms with Gasteiger partial charge in [-0.25, -0.2) is 4.98 Å². The van der Waals surface area contributed by atoms with Crippen molar-refractivity contribution in [2.24, 2.45) is 0 Å². The molecule has 5 heteroatoms. The summed E-state index contributed by atoms with van der Waals surface area (Å²) in [5, 5.41) is 12.1. The van der Waals surface area contributed by atoms with E-state index in [-0.39, 0.29) is 0 Å². The third kappa shape index (κ3) is 5.61. The van der Waals surface area contributed by atoms with Gasteiger partial charge in [-0.1, -0.05) is 32.3 Å². The molecule has 1 aromatic carbocycles. The van der Waals surface area contributed by atoms with Crippen molar-refractivity contribution in [3.8, 4) is 17.6 Å². The van der Waals surface area contributed by atoms with Crippen molar-refractivity contribution < 1.29 is 9.47 Å². The minimum atomic E-state index is 0.549. The molecule has 132 valence electrons. The molecule has 0 saturated heterocycles. The summed E-state index contributed by atoms with van der Waals surface area (Å²) < 4.78 is 11.3. The summed E-state index contributed by atoms with van der Waals surface area (Å²) in [5.74, 6) is 1.41. The molecule has 2 rings (SSSR count). The fourth-order valence-corrected chi connectivity index (χ4v) is 3.15. The van der Waals surface area contributed by atoms with Crippen LogP contribution in [0.2, 0.25) is 0 Å². The van der Waals surface area contributed by atoms with Crippen molar-refractivity contribution >= 4 is 23.0 Å². The van der Waals surface area contributed by atoms with Gasteiger partial charge in [0.25, 0.3) is 0 Å². The topological polar surface area (TPSA) is 55.1 Å². The first-order valence-electron chi connectivity index (χ1n) is 8.53. The molecule has 0 saturated carbocycles. The van der Waals surface area contributed by atoms with Gasteiger partial charge in [-0.15, -0.1) is 11.3 Å². The second-order valence-electron chi connectivity index (χ2n) is 5.78. The molecular weight excluding hydrogens is 332 g/mol. The average molecular weight is 356 g/mol. The van der Waals surface area contributed by atoms with E-state index < -0.39 is 0 Å². The Morgan fingerprint density at radius 2 is 2.12 bits per heavy atom. The third-order valence-electron chi connectivity index (χ3n) is 3.72. The largest absolute Gasteiger partial charge is 0.493 e. The molecular formula is C20H24N2O2S. The molecule has 2 aromatic rings. The predicted octanol–water partition coefficient (Wildman–Crippen LogP) is 5.48. The van der Waals surface area contributed by atoms with E-state index in [1.54, 1.807) is 7.11 Å². The number of hydrogen-bond acceptors (Lipinski definition) is 5. The number of nitriles is 1. The summed E-state index contributed by atoms with van der Waals surface area (Å²) in [5.41, 5.74) is 2.36. The van der Waals surface area contributed by atoms with Gasteiger partial charge in [0.05, 0.1) is 19.3 Å². The van der Waals surface area contributed by atoms with E-state index in [0.717, 1.165) is 28.4 Å². The van der Waals surface area contributed by atoms with Crippen molar-refractivity contribution in [3.63, 3.8) is 0 Å². The van der Waals surface area contributed by atoms with E-state index in [0.29, 0.717) is 17.9 Å². The second-order valence-corrected chi connectivity index (χ2v) is 6.64. The highest BCUT2D eigenvalue weighted by Crippen LogP contribution is 2.30. The van der Waals surface area contributed by atoms with Crippen LogP contribution in [0.4, 0.5) is 0 Å². The van der Waals surface area contributed by atoms with E-state index in [4.69, 9.17) is 9.47 Å². The number of aryl methyl sites for hydroxylation is 1. The molecule has 0 amide bonds. The lowest BCUT2D eigenvalue weighted by Crippen LogP contribution is -1.99. The van der Waals surface area contributed by atoms with Gasteiger partial charge in [0, 0.05) is 11.1 Å². The first-order chi connectivity index (χ1) is 12.2. The van der Waals surface area contributed by atoms with Crippen LogP contribution in [0.15, 0.2) is 23.6 Å². The number of methoxy groups -OCH3 is 1. The van der Waals surface area contributed by atoms with Gasteiger partial charge in [0.1, 0.15) is 11.1 Å². The molecule has 0 aliphatic rings. The fraction of sp³-hybridized carbons (Fsp3) is 0.400. The number of aromatic nitrogens is 1. The molecule has 25 heavy (non-hydrogen) atoms. The normalized spacial score (nSPS) is 11.2. The zero-order chi connectivity index (χ0) is 18.1. The summed E-state index contributed by atoms with van der Waals surface area (Å²) in [7, 11) is 1.63. The van der Waals surface area contributed by atoms with E-state index >= 15 is 0 Å². The Kier molecular flexibility index (Phi) is 7.49. The van der Waals surface area contributed by atoms with Gasteiger partial charge in [-0.2, -0.15) is 5.26 Å². The molecule has 1 heterocycles. The highest BCUT2D eigenvalue weighted by molar-refractivity contribution is 7.11. The lowest BCUT2D eigenvalue weighted by molar-refractivity contribution is 0.285. The fourth-order valence-electron chi connectivity index (χ4n) is 2.39. The van der Waals surface area contributed by atoms with E-state index in [1.807, 2.05) is 36.6 Å². The van der Waals surface area contributed by atoms with Gasteiger partial charge >= 0.3 is 0 Å². The maximum Gasteiger partial charge on any atom is 0.161 e. The highest BCUT2D eigenvalue weighted by atomic mass is 32.1. The van der Waals surface area contributed by atoms with Crippen molar-refractivity contribution in [2.75, 3.05) is 13.7 Å². The molecule has 0 N–H and O–H groups in total. The van der Waals surface area contributed by atoms with Crippen LogP contribution < -0.4 is 9.47 Å². The lowest BCUT2D eigenvalue weighted by atomic mass is 10.1. The van der Waals surface area contributed by atoms with Crippen LogP contribution in [-0.4, -0.2) is 18.7 Å². The van der Waals surface area contributed by atoms with Gasteiger partial charge in [-0.05, 0) is 37.1 Å². The molecule has 0 radical (unpaired) electrons. The predicted molar refractivity (Wildman–Crippen MR) is 103 cm³/mol. The monoisotopic (exact) mass is 356 g/mol. The van der Waals surface area contributed by atoms with Gasteiger partial charge < -0.3 is 9.47 Å². The molecule has 1 aromatic heterocycles. The maximum absolute atomic E-state index is 9.41. The van der Waals surface area contributed by atoms with Crippen LogP contribution in [0, 0.1) is 18.3 Å². The summed E-state index contributed by atoms with van der Waals surface area (Å²) in [4.78, 5) is 4.37. The molecule has 0 fully saturated rings. The number of benzene rings is 1. The number of allylic oxidation sites excluding steroid dienone is 1. The summed E-state index contributed by atoms with van der Waals surface area (Å²) in [6, 6.07) is 7.94. The molecule has 4 nitrogen and oxygen atoms in total. The van der Waals surface area contributed by atoms with E-state index in [1.165, 1.54) is 30.6 Å². The Labute approximate surface area is 153 Å². The summed E-state index contributed by atoms with van der Waals surface area (Å²) >= 11 is 1.47. The SMILES string of the molecule is CCCCCCOc1ccc(/C=C(/C#N)c2nc(C)cs2)cc1OC. The minimum Gasteiger partial charge on any atom is -0.493 e. The average Bonchev–Trinajstić information content (AvgIpc) is 3.06. The van der Waals surface area contributed by atoms with Gasteiger partial charge in [0.15, 0.2) is 11.5 Å². The van der Waals surface area contributed by atoms with E-state index in [2.05, 4.69) is 18.0 Å². The number of rotatable bonds is 9. The van der Waals surface area contributed by atoms with Crippen molar-refractivity contribution in [1.82, 2.24) is 4.98 Å². The minimum absolute atomic E-state index is 0.549. The Morgan fingerprint density at radius 3 is 2.76 bits per heavy atom. The standard InChI is InChI=1S/C20H24N2O2S/c1-4-5-6-7-10-24-18-9-8-16(12-19(18)23-3)11-17(13-21)20-22-15(2)14-25-20/h8-9,11-12,14H,4-7,10H2,1-3H3/b17-11-. The first-order valence-corrected chi connectivity index (χ1v) is 9.41. The number of hydrogen-bond donors (Lipinski definition) is 0. The van der Waals surface area contributed by atoms with Crippen molar-refractivity contribution in [1.29, 1.82) is 5.26 Å². The smallest absolute Gasteiger partial charge is 0.161 e. The number of thiazole rings is 1. The third-order valence-corrected chi connectivity index (χ3v) is 4.72. The van der Waals surface area contributed by atoms with E-state index in [9.17, 15) is 5.26 Å². The van der Waals surface area contributed by atoms with Gasteiger partial charge in [-0.3, -0.25) is 0 Å². The van der Waals surface area contributed by atoms with Crippen LogP contribution >= 0.6 is 11.3 Å². The zero-order valence-corrected chi connectivity index (χ0v) is 15.9. The van der Waals surface area contributed by atoms with Crippen LogP contribution in [0.5, 0.6) is 11.5 Å². The molecule has 0 aliphatic carbocycles. The molecule has 0 unspecified atom stereocenters. The maximum atomic E-state index is 9.41. The Bertz CT molecular complexity index is 759. The highest BCUT2D eigenvalue weighted by Gasteiger charge is 2.08. The van der Waals surface area contributed by atoms with Crippen LogP contribution in [-0.2, 0) is 0 Å². The van der Waals surface area contributed by atoms with Crippen molar-refractivity contribution in [3.05, 3.63) is 39.8 Å².